The van der Waals surface area contributed by atoms with Crippen molar-refractivity contribution >= 4 is 31.8 Å². The van der Waals surface area contributed by atoms with Crippen LogP contribution >= 0.6 is 23.5 Å². The van der Waals surface area contributed by atoms with Crippen LogP contribution in [-0.4, -0.2) is 30.5 Å². The molecule has 0 aromatic rings. The topological polar surface area (TPSA) is 9.23 Å². The van der Waals surface area contributed by atoms with Crippen molar-refractivity contribution in [3.63, 3.8) is 0 Å². The van der Waals surface area contributed by atoms with Crippen molar-refractivity contribution in [3.8, 4) is 0 Å². The standard InChI is InChI=1S/C14H30OS2Si/c1-5-6-8-13(15-18(2,3)4)9-10-14-16-11-7-12-17-14/h13-14H,5-12H2,1-4H3. The van der Waals surface area contributed by atoms with Crippen molar-refractivity contribution in [2.75, 3.05) is 11.5 Å². The van der Waals surface area contributed by atoms with Crippen LogP contribution in [0.15, 0.2) is 0 Å². The average Bonchev–Trinajstić information content (AvgIpc) is 2.32. The molecule has 1 fully saturated rings. The van der Waals surface area contributed by atoms with Crippen LogP contribution in [0.5, 0.6) is 0 Å². The second kappa shape index (κ2) is 8.93. The van der Waals surface area contributed by atoms with E-state index < -0.39 is 8.32 Å². The summed E-state index contributed by atoms with van der Waals surface area (Å²) in [6, 6.07) is 0. The summed E-state index contributed by atoms with van der Waals surface area (Å²) in [5.41, 5.74) is 0. The van der Waals surface area contributed by atoms with Crippen molar-refractivity contribution < 1.29 is 4.43 Å². The quantitative estimate of drug-likeness (QED) is 0.558. The molecule has 108 valence electrons. The zero-order valence-electron chi connectivity index (χ0n) is 12.5. The molecule has 1 rings (SSSR count). The summed E-state index contributed by atoms with van der Waals surface area (Å²) in [5, 5.41) is 0. The van der Waals surface area contributed by atoms with E-state index in [-0.39, 0.29) is 0 Å². The van der Waals surface area contributed by atoms with Crippen molar-refractivity contribution in [3.05, 3.63) is 0 Å². The van der Waals surface area contributed by atoms with Gasteiger partial charge in [-0.2, -0.15) is 0 Å². The van der Waals surface area contributed by atoms with Gasteiger partial charge in [0.2, 0.25) is 0 Å². The number of unbranched alkanes of at least 4 members (excludes halogenated alkanes) is 1. The summed E-state index contributed by atoms with van der Waals surface area (Å²) in [6.45, 7) is 9.22. The fourth-order valence-corrected chi connectivity index (χ4v) is 6.35. The highest BCUT2D eigenvalue weighted by atomic mass is 32.2. The van der Waals surface area contributed by atoms with Crippen LogP contribution in [0.1, 0.15) is 45.4 Å². The van der Waals surface area contributed by atoms with E-state index in [1.54, 1.807) is 0 Å². The minimum Gasteiger partial charge on any atom is -0.415 e. The summed E-state index contributed by atoms with van der Waals surface area (Å²) in [6.07, 6.45) is 8.42. The van der Waals surface area contributed by atoms with Crippen LogP contribution in [0.25, 0.3) is 0 Å². The molecule has 4 heteroatoms. The summed E-state index contributed by atoms with van der Waals surface area (Å²) < 4.78 is 7.19. The third kappa shape index (κ3) is 8.13. The van der Waals surface area contributed by atoms with Gasteiger partial charge in [-0.1, -0.05) is 19.8 Å². The highest BCUT2D eigenvalue weighted by Gasteiger charge is 2.22. The molecule has 0 radical (unpaired) electrons. The Hall–Kier alpha value is 0.877. The number of hydrogen-bond acceptors (Lipinski definition) is 3. The number of hydrogen-bond donors (Lipinski definition) is 0. The molecule has 0 aromatic heterocycles. The zero-order chi connectivity index (χ0) is 13.4. The first-order valence-electron chi connectivity index (χ1n) is 7.42. The molecule has 1 unspecified atom stereocenters. The Morgan fingerprint density at radius 3 is 2.39 bits per heavy atom. The molecule has 0 saturated carbocycles. The molecule has 1 aliphatic rings. The van der Waals surface area contributed by atoms with E-state index in [1.165, 1.54) is 50.0 Å². The fourth-order valence-electron chi connectivity index (χ4n) is 2.22. The third-order valence-electron chi connectivity index (χ3n) is 3.02. The van der Waals surface area contributed by atoms with Crippen LogP contribution in [0, 0.1) is 0 Å². The Balaban J connectivity index is 2.29. The normalized spacial score (nSPS) is 20.0. The lowest BCUT2D eigenvalue weighted by Crippen LogP contribution is -2.32. The van der Waals surface area contributed by atoms with E-state index in [1.807, 2.05) is 0 Å². The van der Waals surface area contributed by atoms with Gasteiger partial charge in [0.05, 0.1) is 4.58 Å². The van der Waals surface area contributed by atoms with E-state index in [9.17, 15) is 0 Å². The molecule has 1 saturated heterocycles. The second-order valence-corrected chi connectivity index (χ2v) is 13.5. The third-order valence-corrected chi connectivity index (χ3v) is 7.14. The van der Waals surface area contributed by atoms with E-state index in [0.717, 1.165) is 4.58 Å². The molecule has 18 heavy (non-hydrogen) atoms. The fraction of sp³-hybridized carbons (Fsp3) is 1.00. The first kappa shape index (κ1) is 16.9. The summed E-state index contributed by atoms with van der Waals surface area (Å²) in [7, 11) is -1.37. The van der Waals surface area contributed by atoms with Gasteiger partial charge in [-0.15, -0.1) is 23.5 Å². The number of rotatable bonds is 8. The Kier molecular flexibility index (Phi) is 8.40. The van der Waals surface area contributed by atoms with E-state index >= 15 is 0 Å². The average molecular weight is 307 g/mol. The van der Waals surface area contributed by atoms with Crippen LogP contribution in [0.3, 0.4) is 0 Å². The van der Waals surface area contributed by atoms with Crippen LogP contribution in [0.4, 0.5) is 0 Å². The predicted molar refractivity (Wildman–Crippen MR) is 90.3 cm³/mol. The smallest absolute Gasteiger partial charge is 0.184 e. The zero-order valence-corrected chi connectivity index (χ0v) is 15.2. The predicted octanol–water partition coefficient (Wildman–Crippen LogP) is 5.37. The molecule has 0 N–H and O–H groups in total. The van der Waals surface area contributed by atoms with Gasteiger partial charge in [0.1, 0.15) is 0 Å². The lowest BCUT2D eigenvalue weighted by atomic mass is 10.1. The van der Waals surface area contributed by atoms with Gasteiger partial charge in [-0.05, 0) is 56.8 Å². The second-order valence-electron chi connectivity index (χ2n) is 6.10. The molecular formula is C14H30OS2Si. The number of thioether (sulfide) groups is 2. The van der Waals surface area contributed by atoms with Crippen molar-refractivity contribution in [1.29, 1.82) is 0 Å². The molecule has 0 aliphatic carbocycles. The van der Waals surface area contributed by atoms with Crippen LogP contribution in [0.2, 0.25) is 19.6 Å². The van der Waals surface area contributed by atoms with Crippen LogP contribution < -0.4 is 0 Å². The molecular weight excluding hydrogens is 276 g/mol. The van der Waals surface area contributed by atoms with Crippen LogP contribution in [-0.2, 0) is 4.43 Å². The Morgan fingerprint density at radius 1 is 1.17 bits per heavy atom. The molecule has 0 bridgehead atoms. The van der Waals surface area contributed by atoms with Gasteiger partial charge in [0, 0.05) is 6.10 Å². The van der Waals surface area contributed by atoms with Crippen molar-refractivity contribution in [1.82, 2.24) is 0 Å². The Morgan fingerprint density at radius 2 is 1.83 bits per heavy atom. The molecule has 1 heterocycles. The van der Waals surface area contributed by atoms with Gasteiger partial charge in [-0.3, -0.25) is 0 Å². The molecule has 0 amide bonds. The van der Waals surface area contributed by atoms with Crippen molar-refractivity contribution in [2.24, 2.45) is 0 Å². The Labute approximate surface area is 123 Å². The lowest BCUT2D eigenvalue weighted by molar-refractivity contribution is 0.169. The highest BCUT2D eigenvalue weighted by molar-refractivity contribution is 8.17. The maximum Gasteiger partial charge on any atom is 0.184 e. The van der Waals surface area contributed by atoms with E-state index in [4.69, 9.17) is 4.43 Å². The van der Waals surface area contributed by atoms with Gasteiger partial charge >= 0.3 is 0 Å². The van der Waals surface area contributed by atoms with Gasteiger partial charge in [-0.25, -0.2) is 0 Å². The first-order chi connectivity index (χ1) is 8.51. The minimum absolute atomic E-state index is 0.528. The maximum atomic E-state index is 6.35. The summed E-state index contributed by atoms with van der Waals surface area (Å²) in [4.78, 5) is 0. The van der Waals surface area contributed by atoms with E-state index in [2.05, 4.69) is 50.1 Å². The van der Waals surface area contributed by atoms with Gasteiger partial charge in [0.25, 0.3) is 0 Å². The van der Waals surface area contributed by atoms with Crippen molar-refractivity contribution in [2.45, 2.75) is 75.8 Å². The molecule has 1 aliphatic heterocycles. The molecule has 0 aromatic carbocycles. The van der Waals surface area contributed by atoms with Gasteiger partial charge in [0.15, 0.2) is 8.32 Å². The summed E-state index contributed by atoms with van der Waals surface area (Å²) in [5.74, 6) is 2.73. The first-order valence-corrected chi connectivity index (χ1v) is 12.9. The SMILES string of the molecule is CCCCC(CCC1SCCCS1)O[Si](C)(C)C. The monoisotopic (exact) mass is 306 g/mol. The maximum absolute atomic E-state index is 6.35. The molecule has 1 nitrogen and oxygen atoms in total. The molecule has 1 atom stereocenters. The Bertz CT molecular complexity index is 212. The minimum atomic E-state index is -1.37. The largest absolute Gasteiger partial charge is 0.415 e. The van der Waals surface area contributed by atoms with Gasteiger partial charge < -0.3 is 4.43 Å². The lowest BCUT2D eigenvalue weighted by Gasteiger charge is -2.28. The summed E-state index contributed by atoms with van der Waals surface area (Å²) >= 11 is 4.33. The molecule has 0 spiro atoms. The van der Waals surface area contributed by atoms with E-state index in [0.29, 0.717) is 6.10 Å². The highest BCUT2D eigenvalue weighted by Crippen LogP contribution is 2.34.